The summed E-state index contributed by atoms with van der Waals surface area (Å²) < 4.78 is 0. The third kappa shape index (κ3) is 5.01. The Labute approximate surface area is 208 Å². The fourth-order valence-corrected chi connectivity index (χ4v) is 5.56. The molecule has 0 bridgehead atoms. The predicted octanol–water partition coefficient (Wildman–Crippen LogP) is 5.14. The first-order valence-electron chi connectivity index (χ1n) is 12.5. The summed E-state index contributed by atoms with van der Waals surface area (Å²) in [6.07, 6.45) is 4.28. The number of amides is 2. The lowest BCUT2D eigenvalue weighted by Crippen LogP contribution is -2.61. The summed E-state index contributed by atoms with van der Waals surface area (Å²) in [5.41, 5.74) is 1.56. The van der Waals surface area contributed by atoms with E-state index in [1.165, 1.54) is 5.56 Å². The van der Waals surface area contributed by atoms with Gasteiger partial charge in [0.25, 0.3) is 5.91 Å². The van der Waals surface area contributed by atoms with Gasteiger partial charge in [-0.15, -0.1) is 0 Å². The fourth-order valence-electron chi connectivity index (χ4n) is 5.43. The van der Waals surface area contributed by atoms with Gasteiger partial charge in [-0.1, -0.05) is 62.2 Å². The van der Waals surface area contributed by atoms with Gasteiger partial charge in [0.2, 0.25) is 5.91 Å². The Morgan fingerprint density at radius 3 is 2.35 bits per heavy atom. The monoisotopic (exact) mass is 481 g/mol. The molecule has 2 aromatic rings. The van der Waals surface area contributed by atoms with Crippen molar-refractivity contribution in [3.8, 4) is 0 Å². The molecular formula is C28H36ClN3O2. The zero-order valence-corrected chi connectivity index (χ0v) is 21.2. The minimum Gasteiger partial charge on any atom is -0.338 e. The lowest BCUT2D eigenvalue weighted by Gasteiger charge is -2.47. The summed E-state index contributed by atoms with van der Waals surface area (Å²) in [5.74, 6) is 0.509. The summed E-state index contributed by atoms with van der Waals surface area (Å²) in [6.45, 7) is 7.71. The van der Waals surface area contributed by atoms with Crippen molar-refractivity contribution < 1.29 is 9.59 Å². The molecule has 4 rings (SSSR count). The molecule has 2 aliphatic heterocycles. The van der Waals surface area contributed by atoms with Gasteiger partial charge in [-0.05, 0) is 55.5 Å². The van der Waals surface area contributed by atoms with Gasteiger partial charge in [-0.25, -0.2) is 0 Å². The van der Waals surface area contributed by atoms with Crippen molar-refractivity contribution >= 4 is 23.4 Å². The van der Waals surface area contributed by atoms with Crippen LogP contribution in [0.2, 0.25) is 5.02 Å². The molecule has 1 spiro atoms. The number of carbonyl (C=O) groups excluding carboxylic acids is 2. The quantitative estimate of drug-likeness (QED) is 0.595. The van der Waals surface area contributed by atoms with Crippen LogP contribution in [0.25, 0.3) is 0 Å². The number of nitrogens with one attached hydrogen (secondary N) is 1. The highest BCUT2D eigenvalue weighted by Crippen LogP contribution is 2.37. The molecule has 34 heavy (non-hydrogen) atoms. The molecule has 1 N–H and O–H groups in total. The van der Waals surface area contributed by atoms with Crippen molar-refractivity contribution in [1.29, 1.82) is 0 Å². The SMILES string of the molecule is CC[C@H](C)[C@@H]1NC2(CCN(C(=O)c3ccc(Cl)cc3)CC2)N([C@H](C)CCc2ccccc2)C1=O. The Kier molecular flexibility index (Phi) is 7.63. The highest BCUT2D eigenvalue weighted by Gasteiger charge is 2.54. The Hall–Kier alpha value is -2.37. The van der Waals surface area contributed by atoms with Crippen molar-refractivity contribution in [3.63, 3.8) is 0 Å². The van der Waals surface area contributed by atoms with Crippen molar-refractivity contribution in [2.75, 3.05) is 13.1 Å². The van der Waals surface area contributed by atoms with Gasteiger partial charge >= 0.3 is 0 Å². The van der Waals surface area contributed by atoms with Crippen LogP contribution in [0.1, 0.15) is 62.4 Å². The molecule has 6 heteroatoms. The third-order valence-electron chi connectivity index (χ3n) is 7.71. The summed E-state index contributed by atoms with van der Waals surface area (Å²) in [5, 5.41) is 4.39. The van der Waals surface area contributed by atoms with E-state index in [4.69, 9.17) is 11.6 Å². The second kappa shape index (κ2) is 10.5. The first kappa shape index (κ1) is 24.7. The lowest BCUT2D eigenvalue weighted by atomic mass is 9.93. The van der Waals surface area contributed by atoms with Gasteiger partial charge in [-0.2, -0.15) is 0 Å². The number of halogens is 1. The number of hydrogen-bond acceptors (Lipinski definition) is 3. The molecule has 182 valence electrons. The van der Waals surface area contributed by atoms with Crippen molar-refractivity contribution in [2.24, 2.45) is 5.92 Å². The lowest BCUT2D eigenvalue weighted by molar-refractivity contribution is -0.136. The minimum atomic E-state index is -0.391. The Morgan fingerprint density at radius 1 is 1.09 bits per heavy atom. The van der Waals surface area contributed by atoms with Crippen LogP contribution in [0.3, 0.4) is 0 Å². The molecule has 3 atom stereocenters. The van der Waals surface area contributed by atoms with Gasteiger partial charge in [0.05, 0.1) is 11.7 Å². The van der Waals surface area contributed by atoms with Crippen LogP contribution in [0.4, 0.5) is 0 Å². The zero-order valence-electron chi connectivity index (χ0n) is 20.5. The average Bonchev–Trinajstić information content (AvgIpc) is 3.14. The second-order valence-electron chi connectivity index (χ2n) is 9.92. The molecule has 0 aliphatic carbocycles. The number of piperidine rings is 1. The topological polar surface area (TPSA) is 52.7 Å². The number of aryl methyl sites for hydroxylation is 1. The molecule has 2 fully saturated rings. The maximum absolute atomic E-state index is 13.7. The van der Waals surface area contributed by atoms with Gasteiger partial charge in [0, 0.05) is 42.6 Å². The fraction of sp³-hybridized carbons (Fsp3) is 0.500. The second-order valence-corrected chi connectivity index (χ2v) is 10.4. The molecule has 0 radical (unpaired) electrons. The Balaban J connectivity index is 1.49. The van der Waals surface area contributed by atoms with E-state index in [0.717, 1.165) is 32.1 Å². The van der Waals surface area contributed by atoms with E-state index < -0.39 is 5.66 Å². The maximum Gasteiger partial charge on any atom is 0.253 e. The zero-order chi connectivity index (χ0) is 24.3. The van der Waals surface area contributed by atoms with Gasteiger partial charge < -0.3 is 9.80 Å². The molecular weight excluding hydrogens is 446 g/mol. The third-order valence-corrected chi connectivity index (χ3v) is 7.96. The van der Waals surface area contributed by atoms with Gasteiger partial charge in [0.1, 0.15) is 0 Å². The van der Waals surface area contributed by atoms with Crippen molar-refractivity contribution in [3.05, 3.63) is 70.7 Å². The summed E-state index contributed by atoms with van der Waals surface area (Å²) in [7, 11) is 0. The molecule has 2 aromatic carbocycles. The number of rotatable bonds is 7. The van der Waals surface area contributed by atoms with Crippen LogP contribution >= 0.6 is 11.6 Å². The molecule has 2 aliphatic rings. The Morgan fingerprint density at radius 2 is 1.74 bits per heavy atom. The maximum atomic E-state index is 13.7. The van der Waals surface area contributed by atoms with E-state index in [0.29, 0.717) is 23.7 Å². The standard InChI is InChI=1S/C28H36ClN3O2/c1-4-20(2)25-27(34)32(21(3)10-11-22-8-6-5-7-9-22)28(30-25)16-18-31(19-17-28)26(33)23-12-14-24(29)15-13-23/h5-9,12-15,20-21,25,30H,4,10-11,16-19H2,1-3H3/t20-,21+,25-/m0/s1. The van der Waals surface area contributed by atoms with Crippen LogP contribution in [0.15, 0.2) is 54.6 Å². The van der Waals surface area contributed by atoms with Crippen LogP contribution < -0.4 is 5.32 Å². The van der Waals surface area contributed by atoms with E-state index in [1.807, 2.05) is 11.0 Å². The normalized spacial score (nSPS) is 21.6. The molecule has 2 saturated heterocycles. The smallest absolute Gasteiger partial charge is 0.253 e. The van der Waals surface area contributed by atoms with E-state index in [2.05, 4.69) is 55.3 Å². The molecule has 0 aromatic heterocycles. The summed E-state index contributed by atoms with van der Waals surface area (Å²) in [4.78, 5) is 30.8. The van der Waals surface area contributed by atoms with Gasteiger partial charge in [-0.3, -0.25) is 14.9 Å². The van der Waals surface area contributed by atoms with E-state index in [-0.39, 0.29) is 29.8 Å². The molecule has 0 unspecified atom stereocenters. The number of carbonyl (C=O) groups is 2. The van der Waals surface area contributed by atoms with E-state index in [9.17, 15) is 9.59 Å². The van der Waals surface area contributed by atoms with Crippen LogP contribution in [-0.4, -0.2) is 52.5 Å². The molecule has 5 nitrogen and oxygen atoms in total. The largest absolute Gasteiger partial charge is 0.338 e. The van der Waals surface area contributed by atoms with E-state index >= 15 is 0 Å². The van der Waals surface area contributed by atoms with Crippen molar-refractivity contribution in [1.82, 2.24) is 15.1 Å². The molecule has 2 amide bonds. The summed E-state index contributed by atoms with van der Waals surface area (Å²) >= 11 is 5.99. The van der Waals surface area contributed by atoms with Crippen LogP contribution in [0, 0.1) is 5.92 Å². The highest BCUT2D eigenvalue weighted by molar-refractivity contribution is 6.30. The number of benzene rings is 2. The first-order chi connectivity index (χ1) is 16.3. The van der Waals surface area contributed by atoms with Crippen LogP contribution in [0.5, 0.6) is 0 Å². The number of hydrogen-bond donors (Lipinski definition) is 1. The Bertz CT molecular complexity index is 986. The summed E-state index contributed by atoms with van der Waals surface area (Å²) in [6, 6.07) is 17.5. The highest BCUT2D eigenvalue weighted by atomic mass is 35.5. The average molecular weight is 482 g/mol. The first-order valence-corrected chi connectivity index (χ1v) is 12.9. The number of nitrogens with zero attached hydrogens (tertiary/aromatic N) is 2. The molecule has 2 heterocycles. The predicted molar refractivity (Wildman–Crippen MR) is 137 cm³/mol. The van der Waals surface area contributed by atoms with Gasteiger partial charge in [0.15, 0.2) is 0 Å². The number of likely N-dealkylation sites (tertiary alicyclic amines) is 1. The van der Waals surface area contributed by atoms with Crippen LogP contribution in [-0.2, 0) is 11.2 Å². The minimum absolute atomic E-state index is 0.0259. The van der Waals surface area contributed by atoms with Crippen molar-refractivity contribution in [2.45, 2.75) is 70.6 Å². The molecule has 0 saturated carbocycles. The van der Waals surface area contributed by atoms with E-state index in [1.54, 1.807) is 24.3 Å².